The van der Waals surface area contributed by atoms with Crippen molar-refractivity contribution in [3.05, 3.63) is 60.8 Å². The standard InChI is InChI=1S/C59H104O14/c1-3-5-7-9-11-13-15-17-19-21-22-23-24-25-27-29-31-33-35-37-39-41-43-68-45-48(71-51(61)42-40-38-36-34-32-30-28-26-20-18-16-14-12-10-8-6-4-2)46-69-58-57(67)55(65)53(63)50(73-58)47-70-59-56(66)54(64)52(62)49(44-60)72-59/h6,8,12,14-15,17-18,20-22,48-50,52-60,62-67H,3-5,7,9-11,13,16,19,23-47H2,1-2H3/b8-6-,14-12-,17-15-,20-18-,22-21-. The van der Waals surface area contributed by atoms with Crippen molar-refractivity contribution in [2.45, 2.75) is 274 Å². The van der Waals surface area contributed by atoms with Crippen LogP contribution in [0.1, 0.15) is 206 Å². The molecule has 2 rings (SSSR count). The lowest BCUT2D eigenvalue weighted by molar-refractivity contribution is -0.332. The van der Waals surface area contributed by atoms with Gasteiger partial charge in [-0.15, -0.1) is 0 Å². The van der Waals surface area contributed by atoms with E-state index in [9.17, 15) is 40.5 Å². The molecule has 0 spiro atoms. The summed E-state index contributed by atoms with van der Waals surface area (Å²) in [7, 11) is 0. The molecule has 2 fully saturated rings. The molecule has 0 aromatic heterocycles. The van der Waals surface area contributed by atoms with Gasteiger partial charge in [0.1, 0.15) is 54.9 Å². The van der Waals surface area contributed by atoms with Crippen LogP contribution in [0.15, 0.2) is 60.8 Å². The molecule has 11 unspecified atom stereocenters. The molecule has 2 saturated heterocycles. The topological polar surface area (TPSA) is 214 Å². The summed E-state index contributed by atoms with van der Waals surface area (Å²) in [6, 6.07) is 0. The number of unbranched alkanes of at least 4 members (excludes halogenated alkanes) is 22. The number of hydrogen-bond acceptors (Lipinski definition) is 14. The highest BCUT2D eigenvalue weighted by molar-refractivity contribution is 5.69. The fourth-order valence-corrected chi connectivity index (χ4v) is 8.86. The highest BCUT2D eigenvalue weighted by atomic mass is 16.7. The van der Waals surface area contributed by atoms with Gasteiger partial charge in [-0.1, -0.05) is 184 Å². The minimum absolute atomic E-state index is 0.0536. The average molecular weight is 1040 g/mol. The molecular formula is C59H104O14. The van der Waals surface area contributed by atoms with Crippen molar-refractivity contribution in [2.75, 3.05) is 33.0 Å². The summed E-state index contributed by atoms with van der Waals surface area (Å²) in [5, 5.41) is 72.3. The van der Waals surface area contributed by atoms with Gasteiger partial charge in [0.05, 0.1) is 26.4 Å². The van der Waals surface area contributed by atoms with Gasteiger partial charge in [0.2, 0.25) is 0 Å². The first kappa shape index (κ1) is 66.8. The first-order valence-electron chi connectivity index (χ1n) is 28.9. The maximum atomic E-state index is 13.1. The SMILES string of the molecule is CC/C=C\C/C=C\C/C=C\CCCCCCCCCC(=O)OC(COCCCCCCCCCCCC/C=C\C/C=C\CCCCCCC)COC1OC(COC2OC(CO)C(O)C(O)C2O)C(O)C(O)C1O. The quantitative estimate of drug-likeness (QED) is 0.0172. The number of aliphatic hydroxyl groups excluding tert-OH is 7. The van der Waals surface area contributed by atoms with Crippen molar-refractivity contribution in [1.29, 1.82) is 0 Å². The number of hydrogen-bond donors (Lipinski definition) is 7. The third-order valence-electron chi connectivity index (χ3n) is 13.5. The minimum atomic E-state index is -1.71. The second kappa shape index (κ2) is 45.8. The third-order valence-corrected chi connectivity index (χ3v) is 13.5. The van der Waals surface area contributed by atoms with E-state index in [1.165, 1.54) is 103 Å². The lowest BCUT2D eigenvalue weighted by Gasteiger charge is -2.42. The van der Waals surface area contributed by atoms with Gasteiger partial charge in [-0.2, -0.15) is 0 Å². The van der Waals surface area contributed by atoms with E-state index >= 15 is 0 Å². The first-order valence-corrected chi connectivity index (χ1v) is 28.9. The van der Waals surface area contributed by atoms with Gasteiger partial charge in [-0.05, 0) is 77.0 Å². The van der Waals surface area contributed by atoms with Crippen molar-refractivity contribution in [3.8, 4) is 0 Å². The van der Waals surface area contributed by atoms with Crippen LogP contribution in [0.5, 0.6) is 0 Å². The average Bonchev–Trinajstić information content (AvgIpc) is 3.39. The summed E-state index contributed by atoms with van der Waals surface area (Å²) < 4.78 is 34.4. The first-order chi connectivity index (χ1) is 35.6. The maximum absolute atomic E-state index is 13.1. The Hall–Kier alpha value is -2.31. The molecular weight excluding hydrogens is 933 g/mol. The van der Waals surface area contributed by atoms with E-state index in [4.69, 9.17) is 28.4 Å². The molecule has 2 aliphatic rings. The molecule has 424 valence electrons. The molecule has 14 nitrogen and oxygen atoms in total. The molecule has 0 amide bonds. The van der Waals surface area contributed by atoms with E-state index in [0.717, 1.165) is 77.0 Å². The Morgan fingerprint density at radius 1 is 0.466 bits per heavy atom. The van der Waals surface area contributed by atoms with Crippen LogP contribution in [-0.2, 0) is 33.2 Å². The zero-order chi connectivity index (χ0) is 53.0. The Morgan fingerprint density at radius 2 is 0.890 bits per heavy atom. The van der Waals surface area contributed by atoms with Crippen LogP contribution in [0.4, 0.5) is 0 Å². The Labute approximate surface area is 441 Å². The van der Waals surface area contributed by atoms with E-state index in [0.29, 0.717) is 13.0 Å². The summed E-state index contributed by atoms with van der Waals surface area (Å²) in [5.74, 6) is -0.388. The number of carbonyl (C=O) groups is 1. The zero-order valence-corrected chi connectivity index (χ0v) is 45.4. The number of esters is 1. The molecule has 14 heteroatoms. The number of rotatable bonds is 46. The molecule has 0 radical (unpaired) electrons. The highest BCUT2D eigenvalue weighted by Gasteiger charge is 2.47. The van der Waals surface area contributed by atoms with Gasteiger partial charge < -0.3 is 64.2 Å². The van der Waals surface area contributed by atoms with Crippen molar-refractivity contribution in [2.24, 2.45) is 0 Å². The number of carbonyl (C=O) groups excluding carboxylic acids is 1. The molecule has 73 heavy (non-hydrogen) atoms. The fraction of sp³-hybridized carbons (Fsp3) is 0.814. The number of aliphatic hydroxyl groups is 7. The lowest BCUT2D eigenvalue weighted by Crippen LogP contribution is -2.61. The second-order valence-corrected chi connectivity index (χ2v) is 20.1. The van der Waals surface area contributed by atoms with Gasteiger partial charge in [0.25, 0.3) is 0 Å². The summed E-state index contributed by atoms with van der Waals surface area (Å²) in [6.07, 6.45) is 39.9. The van der Waals surface area contributed by atoms with Crippen LogP contribution < -0.4 is 0 Å². The van der Waals surface area contributed by atoms with Gasteiger partial charge >= 0.3 is 5.97 Å². The normalized spacial score (nSPS) is 25.4. The second-order valence-electron chi connectivity index (χ2n) is 20.1. The number of ether oxygens (including phenoxy) is 6. The molecule has 2 aliphatic heterocycles. The molecule has 2 heterocycles. The largest absolute Gasteiger partial charge is 0.457 e. The Balaban J connectivity index is 1.72. The van der Waals surface area contributed by atoms with Crippen molar-refractivity contribution in [3.63, 3.8) is 0 Å². The number of allylic oxidation sites excluding steroid dienone is 10. The smallest absolute Gasteiger partial charge is 0.306 e. The summed E-state index contributed by atoms with van der Waals surface area (Å²) in [4.78, 5) is 13.1. The summed E-state index contributed by atoms with van der Waals surface area (Å²) >= 11 is 0. The van der Waals surface area contributed by atoms with Crippen LogP contribution >= 0.6 is 0 Å². The monoisotopic (exact) mass is 1040 g/mol. The van der Waals surface area contributed by atoms with Gasteiger partial charge in [-0.3, -0.25) is 4.79 Å². The van der Waals surface area contributed by atoms with Gasteiger partial charge in [0, 0.05) is 13.0 Å². The highest BCUT2D eigenvalue weighted by Crippen LogP contribution is 2.26. The Bertz CT molecular complexity index is 1440. The van der Waals surface area contributed by atoms with Crippen LogP contribution in [-0.4, -0.2) is 142 Å². The molecule has 0 aromatic carbocycles. The van der Waals surface area contributed by atoms with Gasteiger partial charge in [-0.25, -0.2) is 0 Å². The molecule has 0 saturated carbocycles. The van der Waals surface area contributed by atoms with E-state index < -0.39 is 80.7 Å². The predicted molar refractivity (Wildman–Crippen MR) is 289 cm³/mol. The third kappa shape index (κ3) is 32.8. The van der Waals surface area contributed by atoms with Crippen molar-refractivity contribution in [1.82, 2.24) is 0 Å². The van der Waals surface area contributed by atoms with E-state index in [1.807, 2.05) is 0 Å². The van der Waals surface area contributed by atoms with Crippen LogP contribution in [0.3, 0.4) is 0 Å². The van der Waals surface area contributed by atoms with Gasteiger partial charge in [0.15, 0.2) is 12.6 Å². The van der Waals surface area contributed by atoms with Crippen molar-refractivity contribution < 1.29 is 69.0 Å². The predicted octanol–water partition coefficient (Wildman–Crippen LogP) is 10.1. The molecule has 0 aliphatic carbocycles. The fourth-order valence-electron chi connectivity index (χ4n) is 8.86. The van der Waals surface area contributed by atoms with Crippen LogP contribution in [0.25, 0.3) is 0 Å². The van der Waals surface area contributed by atoms with Crippen LogP contribution in [0.2, 0.25) is 0 Å². The Morgan fingerprint density at radius 3 is 1.40 bits per heavy atom. The zero-order valence-electron chi connectivity index (χ0n) is 45.4. The molecule has 7 N–H and O–H groups in total. The van der Waals surface area contributed by atoms with E-state index in [1.54, 1.807) is 0 Å². The van der Waals surface area contributed by atoms with E-state index in [2.05, 4.69) is 74.6 Å². The maximum Gasteiger partial charge on any atom is 0.306 e. The van der Waals surface area contributed by atoms with Crippen molar-refractivity contribution >= 4 is 5.97 Å². The molecule has 0 bridgehead atoms. The minimum Gasteiger partial charge on any atom is -0.457 e. The molecule has 11 atom stereocenters. The summed E-state index contributed by atoms with van der Waals surface area (Å²) in [5.41, 5.74) is 0. The lowest BCUT2D eigenvalue weighted by atomic mass is 9.98. The molecule has 0 aromatic rings. The summed E-state index contributed by atoms with van der Waals surface area (Å²) in [6.45, 7) is 3.56. The van der Waals surface area contributed by atoms with E-state index in [-0.39, 0.29) is 25.6 Å². The van der Waals surface area contributed by atoms with Crippen LogP contribution in [0, 0.1) is 0 Å². The Kier molecular flexibility index (Phi) is 42.0.